The molecule has 0 saturated carbocycles. The first-order chi connectivity index (χ1) is 59.5. The van der Waals surface area contributed by atoms with E-state index in [9.17, 15) is 43.8 Å². The highest BCUT2D eigenvalue weighted by Crippen LogP contribution is 2.42. The molecule has 13 aromatic rings. The molecule has 4 amide bonds. The first-order valence-corrected chi connectivity index (χ1v) is 42.6. The van der Waals surface area contributed by atoms with Crippen LogP contribution in [0.4, 0.5) is 0 Å². The number of rotatable bonds is 20. The zero-order valence-corrected chi connectivity index (χ0v) is 74.7. The molecule has 3 unspecified atom stereocenters. The van der Waals surface area contributed by atoms with Crippen LogP contribution in [-0.2, 0) is 104 Å². The molecule has 8 aromatic carbocycles. The van der Waals surface area contributed by atoms with Gasteiger partial charge in [-0.15, -0.1) is 10.2 Å². The quantitative estimate of drug-likeness (QED) is 0.0351. The number of aromatic amines is 1. The van der Waals surface area contributed by atoms with Gasteiger partial charge in [-0.25, -0.2) is 4.79 Å². The lowest BCUT2D eigenvalue weighted by molar-refractivity contribution is -0.142. The number of aromatic carboxylic acids is 1. The largest absolute Gasteiger partial charge is 0.481 e. The Bertz CT molecular complexity index is 6390. The molecule has 32 heteroatoms. The van der Waals surface area contributed by atoms with Gasteiger partial charge < -0.3 is 73.8 Å². The Morgan fingerprint density at radius 3 is 1.22 bits per heavy atom. The second-order valence-electron chi connectivity index (χ2n) is 32.7. The van der Waals surface area contributed by atoms with Gasteiger partial charge >= 0.3 is 17.9 Å². The number of benzene rings is 8. The Balaban J connectivity index is 0.000000135. The highest BCUT2D eigenvalue weighted by Gasteiger charge is 2.46. The number of aromatic nitrogens is 8. The summed E-state index contributed by atoms with van der Waals surface area (Å²) in [5.74, 6) is -2.98. The number of H-pyrrole nitrogens is 1. The third-order valence-corrected chi connectivity index (χ3v) is 27.1. The number of hydrogen-bond donors (Lipinski definition) is 8. The SMILES string of the molecule is CCc1cc(C2(NC(=O)c3cc4c(Cl)c(Cl)ccc4n3C)CCOC2)ccc1C(=O)O.Cc1cc(CC(=O)O)ccc1C1(NC(=O)c2cc3c(Cl)c(Cl)ccc3n2C)COC1.Cc1ccc2c(cc(C(=O)NC3(c4ccc(C(C)(C)C(=O)O)cc4)CCOC3)n2C)c1Cl.Cc1ccc2c(cc(C(=O)NC3(c4ccc(Cc5nn[nH]n5)cc4)CCOC3)n2C)c1Cl. The van der Waals surface area contributed by atoms with Crippen molar-refractivity contribution in [1.29, 1.82) is 0 Å². The first kappa shape index (κ1) is 90.1. The summed E-state index contributed by atoms with van der Waals surface area (Å²) in [5.41, 5.74) is 11.7. The fraction of sp³-hybridized carbons (Fsp3) is 0.312. The molecule has 17 rings (SSSR count). The van der Waals surface area contributed by atoms with E-state index in [2.05, 4.69) is 41.9 Å². The van der Waals surface area contributed by atoms with Crippen molar-refractivity contribution < 1.29 is 67.8 Å². The number of nitrogens with zero attached hydrogens (tertiary/aromatic N) is 7. The highest BCUT2D eigenvalue weighted by atomic mass is 35.5. The lowest BCUT2D eigenvalue weighted by Gasteiger charge is -2.43. The molecule has 5 aromatic heterocycles. The van der Waals surface area contributed by atoms with E-state index in [0.29, 0.717) is 166 Å². The number of carboxylic acids is 3. The molecular formula is C93H92Cl6N12O14. The number of carboxylic acid groups (broad SMARTS) is 3. The maximum atomic E-state index is 13.4. The molecule has 125 heavy (non-hydrogen) atoms. The number of halogens is 6. The van der Waals surface area contributed by atoms with Crippen LogP contribution in [0.1, 0.15) is 159 Å². The molecular weight excluding hydrogens is 1720 g/mol. The molecule has 0 spiro atoms. The van der Waals surface area contributed by atoms with E-state index in [1.807, 2.05) is 166 Å². The summed E-state index contributed by atoms with van der Waals surface area (Å²) in [6.07, 6.45) is 3.03. The molecule has 4 saturated heterocycles. The Labute approximate surface area is 749 Å². The van der Waals surface area contributed by atoms with Crippen molar-refractivity contribution in [3.05, 3.63) is 283 Å². The summed E-state index contributed by atoms with van der Waals surface area (Å²) in [6.45, 7) is 14.5. The van der Waals surface area contributed by atoms with E-state index in [1.165, 1.54) is 0 Å². The number of amides is 4. The van der Waals surface area contributed by atoms with Gasteiger partial charge in [0.15, 0.2) is 5.82 Å². The fourth-order valence-corrected chi connectivity index (χ4v) is 18.0. The van der Waals surface area contributed by atoms with Crippen molar-refractivity contribution in [3.8, 4) is 0 Å². The van der Waals surface area contributed by atoms with Gasteiger partial charge in [-0.05, 0) is 169 Å². The summed E-state index contributed by atoms with van der Waals surface area (Å²) in [6, 6.07) is 48.3. The van der Waals surface area contributed by atoms with Gasteiger partial charge in [-0.1, -0.05) is 173 Å². The normalized spacial score (nSPS) is 17.7. The van der Waals surface area contributed by atoms with Gasteiger partial charge in [0.05, 0.1) is 97.2 Å². The van der Waals surface area contributed by atoms with E-state index in [-0.39, 0.29) is 35.6 Å². The second kappa shape index (κ2) is 36.4. The number of tetrazole rings is 1. The average Bonchev–Trinajstić information content (AvgIpc) is 1.48. The predicted octanol–water partition coefficient (Wildman–Crippen LogP) is 16.7. The third kappa shape index (κ3) is 17.8. The fourth-order valence-electron chi connectivity index (χ4n) is 16.8. The molecule has 0 aliphatic carbocycles. The molecule has 4 aliphatic rings. The number of fused-ring (bicyclic) bond motifs is 4. The van der Waals surface area contributed by atoms with Crippen LogP contribution in [0.15, 0.2) is 158 Å². The Kier molecular flexibility index (Phi) is 26.3. The van der Waals surface area contributed by atoms with Crippen LogP contribution < -0.4 is 21.3 Å². The number of ether oxygens (including phenoxy) is 4. The van der Waals surface area contributed by atoms with Gasteiger partial charge in [0, 0.05) is 117 Å². The smallest absolute Gasteiger partial charge is 0.335 e. The van der Waals surface area contributed by atoms with E-state index in [1.54, 1.807) is 79.5 Å². The number of hydrogen-bond acceptors (Lipinski definition) is 14. The topological polar surface area (TPSA) is 339 Å². The summed E-state index contributed by atoms with van der Waals surface area (Å²) in [4.78, 5) is 87.4. The summed E-state index contributed by atoms with van der Waals surface area (Å²) in [5, 5.41) is 60.9. The molecule has 0 radical (unpaired) electrons. The minimum Gasteiger partial charge on any atom is -0.481 e. The molecule has 4 fully saturated rings. The van der Waals surface area contributed by atoms with Gasteiger partial charge in [-0.2, -0.15) is 5.21 Å². The van der Waals surface area contributed by atoms with Crippen LogP contribution in [0, 0.1) is 20.8 Å². The van der Waals surface area contributed by atoms with Gasteiger partial charge in [-0.3, -0.25) is 28.8 Å². The molecule has 3 atom stereocenters. The average molecular weight is 1810 g/mol. The van der Waals surface area contributed by atoms with E-state index in [4.69, 9.17) is 93.7 Å². The van der Waals surface area contributed by atoms with Gasteiger partial charge in [0.25, 0.3) is 23.6 Å². The Hall–Kier alpha value is -11.1. The summed E-state index contributed by atoms with van der Waals surface area (Å²) in [7, 11) is 7.34. The van der Waals surface area contributed by atoms with Crippen molar-refractivity contribution in [1.82, 2.24) is 60.2 Å². The van der Waals surface area contributed by atoms with Crippen molar-refractivity contribution in [2.24, 2.45) is 28.2 Å². The van der Waals surface area contributed by atoms with Crippen molar-refractivity contribution >= 4 is 155 Å². The number of carbonyl (C=O) groups excluding carboxylic acids is 4. The van der Waals surface area contributed by atoms with Crippen LogP contribution >= 0.6 is 69.6 Å². The summed E-state index contributed by atoms with van der Waals surface area (Å²) >= 11 is 37.9. The van der Waals surface area contributed by atoms with E-state index in [0.717, 1.165) is 82.9 Å². The van der Waals surface area contributed by atoms with Crippen LogP contribution in [-0.4, -0.2) is 149 Å². The molecule has 9 heterocycles. The highest BCUT2D eigenvalue weighted by molar-refractivity contribution is 6.46. The van der Waals surface area contributed by atoms with Crippen LogP contribution in [0.25, 0.3) is 43.6 Å². The minimum absolute atomic E-state index is 0.0454. The second-order valence-corrected chi connectivity index (χ2v) is 35.0. The van der Waals surface area contributed by atoms with E-state index < -0.39 is 45.5 Å². The Morgan fingerprint density at radius 2 is 0.848 bits per heavy atom. The maximum Gasteiger partial charge on any atom is 0.335 e. The molecule has 26 nitrogen and oxygen atoms in total. The molecule has 8 N–H and O–H groups in total. The molecule has 650 valence electrons. The third-order valence-electron chi connectivity index (χ3n) is 24.4. The number of aryl methyl sites for hydroxylation is 8. The summed E-state index contributed by atoms with van der Waals surface area (Å²) < 4.78 is 29.8. The van der Waals surface area contributed by atoms with Crippen molar-refractivity contribution in [2.75, 3.05) is 52.9 Å². The van der Waals surface area contributed by atoms with Crippen LogP contribution in [0.2, 0.25) is 30.1 Å². The Morgan fingerprint density at radius 1 is 0.456 bits per heavy atom. The van der Waals surface area contributed by atoms with Gasteiger partial charge in [0.2, 0.25) is 0 Å². The standard InChI is InChI=1S/C25H27ClN2O4.C23H22Cl2N2O4.C23H23ClN6O2.C22H20Cl2N2O4/c1-15-5-10-19-18(21(15)26)13-20(28(19)4)22(29)27-25(11-12-32-14-25)17-8-6-16(7-9-17)24(2,3)23(30)31;1-3-13-10-14(4-5-15(13)22(29)30)23(8-9-31-12-23)26-21(28)19-11-16-18(27(19)2)7-6-17(24)20(16)25;1-14-3-8-18-17(21(14)24)12-19(30(18)2)22(31)25-23(9-10-32-13-23)16-6-4-15(5-7-16)11-20-26-28-29-27-20;1-12-7-13(8-19(27)28)3-4-15(12)22(10-30-11-22)25-21(29)18-9-14-17(26(18)2)6-5-16(23)20(14)24/h5-10,13H,11-12,14H2,1-4H3,(H,27,29)(H,30,31);4-7,10-11H,3,8-9,12H2,1-2H3,(H,26,28)(H,29,30);3-8,12H,9-11,13H2,1-2H3,(H,25,31)(H,26,27,28,29);3-7,9H,8,10-11H2,1-2H3,(H,25,29)(H,27,28). The van der Waals surface area contributed by atoms with Crippen LogP contribution in [0.3, 0.4) is 0 Å². The number of carbonyl (C=O) groups is 7. The zero-order valence-electron chi connectivity index (χ0n) is 70.1. The van der Waals surface area contributed by atoms with Crippen LogP contribution in [0.5, 0.6) is 0 Å². The maximum absolute atomic E-state index is 13.4. The molecule has 0 bridgehead atoms. The van der Waals surface area contributed by atoms with Gasteiger partial charge in [0.1, 0.15) is 28.3 Å². The number of nitrogens with one attached hydrogen (secondary N) is 5. The minimum atomic E-state index is -0.998. The molecule has 4 aliphatic heterocycles. The first-order valence-electron chi connectivity index (χ1n) is 40.3. The predicted molar refractivity (Wildman–Crippen MR) is 481 cm³/mol. The lowest BCUT2D eigenvalue weighted by Crippen LogP contribution is -2.59. The van der Waals surface area contributed by atoms with E-state index >= 15 is 0 Å². The lowest BCUT2D eigenvalue weighted by atomic mass is 9.82. The van der Waals surface area contributed by atoms with Crippen molar-refractivity contribution in [3.63, 3.8) is 0 Å². The zero-order chi connectivity index (χ0) is 89.5. The number of aliphatic carboxylic acids is 2. The monoisotopic (exact) mass is 1810 g/mol. The van der Waals surface area contributed by atoms with Crippen molar-refractivity contribution in [2.45, 2.75) is 108 Å².